The molecule has 15 heavy (non-hydrogen) atoms. The quantitative estimate of drug-likeness (QED) is 0.851. The average Bonchev–Trinajstić information content (AvgIpc) is 2.76. The van der Waals surface area contributed by atoms with Crippen molar-refractivity contribution in [1.29, 1.82) is 0 Å². The van der Waals surface area contributed by atoms with Gasteiger partial charge in [-0.2, -0.15) is 0 Å². The molecule has 2 unspecified atom stereocenters. The van der Waals surface area contributed by atoms with Crippen LogP contribution in [0.1, 0.15) is 24.0 Å². The van der Waals surface area contributed by atoms with E-state index >= 15 is 0 Å². The van der Waals surface area contributed by atoms with Crippen molar-refractivity contribution in [1.82, 2.24) is 9.88 Å². The van der Waals surface area contributed by atoms with Crippen molar-refractivity contribution < 1.29 is 5.11 Å². The van der Waals surface area contributed by atoms with Crippen LogP contribution in [-0.2, 0) is 6.54 Å². The molecule has 1 aliphatic rings. The van der Waals surface area contributed by atoms with E-state index in [2.05, 4.69) is 15.3 Å². The summed E-state index contributed by atoms with van der Waals surface area (Å²) >= 11 is 1.71. The minimum Gasteiger partial charge on any atom is -0.393 e. The van der Waals surface area contributed by atoms with Crippen LogP contribution in [0.3, 0.4) is 0 Å². The minimum absolute atomic E-state index is 0.174. The molecular weight excluding hydrogens is 208 g/mol. The van der Waals surface area contributed by atoms with Crippen molar-refractivity contribution in [3.05, 3.63) is 16.1 Å². The van der Waals surface area contributed by atoms with Gasteiger partial charge in [-0.1, -0.05) is 0 Å². The molecule has 1 aromatic rings. The highest BCUT2D eigenvalue weighted by molar-refractivity contribution is 7.09. The first-order chi connectivity index (χ1) is 7.15. The zero-order valence-electron chi connectivity index (χ0n) is 9.31. The van der Waals surface area contributed by atoms with Gasteiger partial charge in [-0.05, 0) is 32.7 Å². The zero-order chi connectivity index (χ0) is 10.8. The molecule has 3 nitrogen and oxygen atoms in total. The molecule has 0 aliphatic carbocycles. The Morgan fingerprint density at radius 1 is 1.73 bits per heavy atom. The Labute approximate surface area is 94.8 Å². The maximum atomic E-state index is 9.50. The van der Waals surface area contributed by atoms with Gasteiger partial charge in [0.1, 0.15) is 0 Å². The molecule has 2 rings (SSSR count). The molecule has 2 atom stereocenters. The van der Waals surface area contributed by atoms with Crippen molar-refractivity contribution in [2.45, 2.75) is 32.9 Å². The van der Waals surface area contributed by atoms with E-state index in [0.29, 0.717) is 5.92 Å². The molecular formula is C11H18N2OS. The maximum Gasteiger partial charge on any atom is 0.0897 e. The van der Waals surface area contributed by atoms with Gasteiger partial charge in [-0.3, -0.25) is 4.90 Å². The number of aromatic nitrogens is 1. The molecule has 84 valence electrons. The number of aliphatic hydroxyl groups is 1. The topological polar surface area (TPSA) is 36.4 Å². The van der Waals surface area contributed by atoms with Gasteiger partial charge < -0.3 is 5.11 Å². The van der Waals surface area contributed by atoms with Crippen LogP contribution in [0, 0.1) is 12.8 Å². The molecule has 0 aromatic carbocycles. The fourth-order valence-corrected chi connectivity index (χ4v) is 2.71. The van der Waals surface area contributed by atoms with E-state index in [9.17, 15) is 5.11 Å². The molecule has 1 aliphatic heterocycles. The molecule has 1 fully saturated rings. The van der Waals surface area contributed by atoms with Crippen molar-refractivity contribution in [2.24, 2.45) is 5.92 Å². The second-order valence-corrected chi connectivity index (χ2v) is 5.44. The van der Waals surface area contributed by atoms with E-state index < -0.39 is 0 Å². The van der Waals surface area contributed by atoms with Gasteiger partial charge in [-0.15, -0.1) is 11.3 Å². The molecule has 2 heterocycles. The molecule has 0 radical (unpaired) electrons. The minimum atomic E-state index is -0.174. The maximum absolute atomic E-state index is 9.50. The summed E-state index contributed by atoms with van der Waals surface area (Å²) in [5.41, 5.74) is 1.17. The van der Waals surface area contributed by atoms with Gasteiger partial charge in [0, 0.05) is 18.5 Å². The summed E-state index contributed by atoms with van der Waals surface area (Å²) < 4.78 is 0. The standard InChI is InChI=1S/C11H18N2OS/c1-8(14)10-3-4-13(5-10)6-11-7-15-9(2)12-11/h7-8,10,14H,3-6H2,1-2H3. The van der Waals surface area contributed by atoms with E-state index in [1.807, 2.05) is 13.8 Å². The van der Waals surface area contributed by atoms with Gasteiger partial charge in [0.2, 0.25) is 0 Å². The SMILES string of the molecule is Cc1nc(CN2CCC(C(C)O)C2)cs1. The summed E-state index contributed by atoms with van der Waals surface area (Å²) in [6, 6.07) is 0. The van der Waals surface area contributed by atoms with E-state index in [-0.39, 0.29) is 6.10 Å². The summed E-state index contributed by atoms with van der Waals surface area (Å²) in [5, 5.41) is 12.8. The number of aryl methyl sites for hydroxylation is 1. The van der Waals surface area contributed by atoms with Crippen molar-refractivity contribution in [3.63, 3.8) is 0 Å². The lowest BCUT2D eigenvalue weighted by atomic mass is 10.0. The molecule has 0 bridgehead atoms. The van der Waals surface area contributed by atoms with Gasteiger partial charge in [0.25, 0.3) is 0 Å². The van der Waals surface area contributed by atoms with Crippen molar-refractivity contribution >= 4 is 11.3 Å². The highest BCUT2D eigenvalue weighted by Gasteiger charge is 2.26. The van der Waals surface area contributed by atoms with E-state index in [4.69, 9.17) is 0 Å². The van der Waals surface area contributed by atoms with Crippen LogP contribution in [-0.4, -0.2) is 34.2 Å². The van der Waals surface area contributed by atoms with Crippen LogP contribution < -0.4 is 0 Å². The number of likely N-dealkylation sites (tertiary alicyclic amines) is 1. The van der Waals surface area contributed by atoms with Gasteiger partial charge in [0.15, 0.2) is 0 Å². The van der Waals surface area contributed by atoms with Crippen LogP contribution in [0.25, 0.3) is 0 Å². The fraction of sp³-hybridized carbons (Fsp3) is 0.727. The van der Waals surface area contributed by atoms with E-state index in [0.717, 1.165) is 31.1 Å². The Bertz CT molecular complexity index is 324. The lowest BCUT2D eigenvalue weighted by molar-refractivity contribution is 0.127. The van der Waals surface area contributed by atoms with Crippen molar-refractivity contribution in [2.75, 3.05) is 13.1 Å². The van der Waals surface area contributed by atoms with Crippen molar-refractivity contribution in [3.8, 4) is 0 Å². The Morgan fingerprint density at radius 2 is 2.53 bits per heavy atom. The first-order valence-corrected chi connectivity index (χ1v) is 6.34. The summed E-state index contributed by atoms with van der Waals surface area (Å²) in [5.74, 6) is 0.449. The summed E-state index contributed by atoms with van der Waals surface area (Å²) in [7, 11) is 0. The second kappa shape index (κ2) is 4.60. The third-order valence-corrected chi connectivity index (χ3v) is 3.87. The average molecular weight is 226 g/mol. The van der Waals surface area contributed by atoms with Crippen LogP contribution in [0.5, 0.6) is 0 Å². The predicted molar refractivity (Wildman–Crippen MR) is 61.9 cm³/mol. The Morgan fingerprint density at radius 3 is 3.07 bits per heavy atom. The summed E-state index contributed by atoms with van der Waals surface area (Å²) in [4.78, 5) is 6.84. The second-order valence-electron chi connectivity index (χ2n) is 4.38. The molecule has 0 saturated carbocycles. The molecule has 0 amide bonds. The van der Waals surface area contributed by atoms with Gasteiger partial charge in [0.05, 0.1) is 16.8 Å². The molecule has 4 heteroatoms. The highest BCUT2D eigenvalue weighted by Crippen LogP contribution is 2.21. The lowest BCUT2D eigenvalue weighted by Gasteiger charge is -2.15. The number of aliphatic hydroxyl groups excluding tert-OH is 1. The van der Waals surface area contributed by atoms with Crippen LogP contribution >= 0.6 is 11.3 Å². The third kappa shape index (κ3) is 2.77. The third-order valence-electron chi connectivity index (χ3n) is 3.04. The number of rotatable bonds is 3. The number of nitrogens with zero attached hydrogens (tertiary/aromatic N) is 2. The molecule has 1 N–H and O–H groups in total. The van der Waals surface area contributed by atoms with Crippen LogP contribution in [0.4, 0.5) is 0 Å². The number of thiazole rings is 1. The summed E-state index contributed by atoms with van der Waals surface area (Å²) in [6.07, 6.45) is 0.938. The Kier molecular flexibility index (Phi) is 3.38. The first kappa shape index (κ1) is 11.0. The fourth-order valence-electron chi connectivity index (χ4n) is 2.11. The van der Waals surface area contributed by atoms with E-state index in [1.165, 1.54) is 5.69 Å². The number of hydrogen-bond acceptors (Lipinski definition) is 4. The van der Waals surface area contributed by atoms with Gasteiger partial charge in [-0.25, -0.2) is 4.98 Å². The van der Waals surface area contributed by atoms with Crippen LogP contribution in [0.15, 0.2) is 5.38 Å². The lowest BCUT2D eigenvalue weighted by Crippen LogP contribution is -2.24. The Hall–Kier alpha value is -0.450. The predicted octanol–water partition coefficient (Wildman–Crippen LogP) is 1.65. The monoisotopic (exact) mass is 226 g/mol. The van der Waals surface area contributed by atoms with Gasteiger partial charge >= 0.3 is 0 Å². The molecule has 0 spiro atoms. The first-order valence-electron chi connectivity index (χ1n) is 5.46. The zero-order valence-corrected chi connectivity index (χ0v) is 10.1. The number of hydrogen-bond donors (Lipinski definition) is 1. The highest BCUT2D eigenvalue weighted by atomic mass is 32.1. The van der Waals surface area contributed by atoms with Crippen LogP contribution in [0.2, 0.25) is 0 Å². The smallest absolute Gasteiger partial charge is 0.0897 e. The summed E-state index contributed by atoms with van der Waals surface area (Å²) in [6.45, 7) is 6.96. The normalized spacial score (nSPS) is 24.6. The largest absolute Gasteiger partial charge is 0.393 e. The molecule has 1 saturated heterocycles. The Balaban J connectivity index is 1.87. The molecule has 1 aromatic heterocycles. The van der Waals surface area contributed by atoms with E-state index in [1.54, 1.807) is 11.3 Å².